The predicted octanol–water partition coefficient (Wildman–Crippen LogP) is 1.64. The Morgan fingerprint density at radius 2 is 1.40 bits per heavy atom. The van der Waals surface area contributed by atoms with E-state index in [9.17, 15) is 0 Å². The molecule has 94 valence electrons. The summed E-state index contributed by atoms with van der Waals surface area (Å²) in [6, 6.07) is 0. The second kappa shape index (κ2) is 12.1. The topological polar surface area (TPSA) is 89.8 Å². The fourth-order valence-electron chi connectivity index (χ4n) is 1.08. The second-order valence-corrected chi connectivity index (χ2v) is 4.41. The summed E-state index contributed by atoms with van der Waals surface area (Å²) in [4.78, 5) is 21.6. The van der Waals surface area contributed by atoms with Gasteiger partial charge in [-0.05, 0) is 20.0 Å². The summed E-state index contributed by atoms with van der Waals surface area (Å²) in [6.07, 6.45) is 8.38. The third kappa shape index (κ3) is 41.0. The molecule has 0 aliphatic heterocycles. The second-order valence-electron chi connectivity index (χ2n) is 3.38. The highest BCUT2D eigenvalue weighted by molar-refractivity contribution is 7.45. The van der Waals surface area contributed by atoms with Crippen LogP contribution < -0.4 is 5.32 Å². The maximum Gasteiger partial charge on any atom is 0.466 e. The van der Waals surface area contributed by atoms with E-state index in [1.54, 1.807) is 0 Å². The number of hydrogen-bond acceptors (Lipinski definition) is 2. The van der Waals surface area contributed by atoms with Gasteiger partial charge in [-0.1, -0.05) is 39.0 Å². The number of phosphoric acid groups is 1. The van der Waals surface area contributed by atoms with Crippen LogP contribution in [0.5, 0.6) is 0 Å². The molecule has 0 aromatic carbocycles. The van der Waals surface area contributed by atoms with Crippen molar-refractivity contribution in [1.29, 1.82) is 0 Å². The minimum atomic E-state index is -4.64. The molecular weight excluding hydrogens is 217 g/mol. The lowest BCUT2D eigenvalue weighted by Gasteiger charge is -1.98. The van der Waals surface area contributed by atoms with Gasteiger partial charge in [-0.15, -0.1) is 0 Å². The fourth-order valence-corrected chi connectivity index (χ4v) is 1.08. The van der Waals surface area contributed by atoms with E-state index in [4.69, 9.17) is 19.2 Å². The van der Waals surface area contributed by atoms with Gasteiger partial charge in [-0.2, -0.15) is 0 Å². The van der Waals surface area contributed by atoms with Crippen LogP contribution in [0.4, 0.5) is 0 Å². The summed E-state index contributed by atoms with van der Waals surface area (Å²) in [7, 11) is -2.62. The number of hydrogen-bond donors (Lipinski definition) is 4. The van der Waals surface area contributed by atoms with Crippen LogP contribution in [-0.2, 0) is 4.57 Å². The molecule has 0 bridgehead atoms. The lowest BCUT2D eigenvalue weighted by atomic mass is 10.1. The van der Waals surface area contributed by atoms with Crippen molar-refractivity contribution in [2.45, 2.75) is 45.4 Å². The minimum Gasteiger partial charge on any atom is -0.320 e. The predicted molar refractivity (Wildman–Crippen MR) is 61.6 cm³/mol. The first-order chi connectivity index (χ1) is 6.91. The first-order valence-corrected chi connectivity index (χ1v) is 6.91. The minimum absolute atomic E-state index is 1.19. The molecule has 4 N–H and O–H groups in total. The van der Waals surface area contributed by atoms with Gasteiger partial charge in [-0.3, -0.25) is 0 Å². The molecule has 0 saturated carbocycles. The molecule has 0 atom stereocenters. The molecule has 0 aliphatic carbocycles. The van der Waals surface area contributed by atoms with Crippen LogP contribution in [0.1, 0.15) is 45.4 Å². The molecular formula is C9H24NO4P. The maximum atomic E-state index is 8.88. The average molecular weight is 241 g/mol. The molecule has 0 radical (unpaired) electrons. The van der Waals surface area contributed by atoms with Crippen molar-refractivity contribution < 1.29 is 19.2 Å². The molecule has 0 heterocycles. The Morgan fingerprint density at radius 3 is 1.80 bits per heavy atom. The molecule has 0 amide bonds. The first kappa shape index (κ1) is 17.5. The molecule has 0 fully saturated rings. The van der Waals surface area contributed by atoms with Crippen LogP contribution in [0.25, 0.3) is 0 Å². The Morgan fingerprint density at radius 1 is 1.00 bits per heavy atom. The smallest absolute Gasteiger partial charge is 0.320 e. The first-order valence-electron chi connectivity index (χ1n) is 5.34. The monoisotopic (exact) mass is 241 g/mol. The molecule has 6 heteroatoms. The molecule has 0 aromatic rings. The van der Waals surface area contributed by atoms with E-state index >= 15 is 0 Å². The fraction of sp³-hybridized carbons (Fsp3) is 1.00. The zero-order valence-electron chi connectivity index (χ0n) is 9.65. The van der Waals surface area contributed by atoms with Gasteiger partial charge >= 0.3 is 7.82 Å². The Balaban J connectivity index is 0. The normalized spacial score (nSPS) is 10.7. The summed E-state index contributed by atoms with van der Waals surface area (Å²) in [6.45, 7) is 3.44. The SMILES string of the molecule is CCCCCCCCNC.O=P(O)(O)O. The van der Waals surface area contributed by atoms with Crippen molar-refractivity contribution in [3.05, 3.63) is 0 Å². The summed E-state index contributed by atoms with van der Waals surface area (Å²) in [5, 5.41) is 3.16. The molecule has 5 nitrogen and oxygen atoms in total. The van der Waals surface area contributed by atoms with Crippen molar-refractivity contribution in [1.82, 2.24) is 5.32 Å². The van der Waals surface area contributed by atoms with Crippen LogP contribution in [0.15, 0.2) is 0 Å². The Kier molecular flexibility index (Phi) is 14.1. The van der Waals surface area contributed by atoms with Crippen molar-refractivity contribution in [2.75, 3.05) is 13.6 Å². The zero-order chi connectivity index (χ0) is 12.2. The third-order valence-electron chi connectivity index (χ3n) is 1.78. The van der Waals surface area contributed by atoms with Crippen LogP contribution in [0, 0.1) is 0 Å². The van der Waals surface area contributed by atoms with Crippen molar-refractivity contribution >= 4 is 7.82 Å². The van der Waals surface area contributed by atoms with E-state index in [1.165, 1.54) is 45.1 Å². The molecule has 0 saturated heterocycles. The molecule has 0 aromatic heterocycles. The summed E-state index contributed by atoms with van der Waals surface area (Å²) >= 11 is 0. The molecule has 0 unspecified atom stereocenters. The largest absolute Gasteiger partial charge is 0.466 e. The van der Waals surface area contributed by atoms with Crippen molar-refractivity contribution in [3.63, 3.8) is 0 Å². The van der Waals surface area contributed by atoms with Crippen LogP contribution in [-0.4, -0.2) is 28.3 Å². The van der Waals surface area contributed by atoms with Crippen molar-refractivity contribution in [3.8, 4) is 0 Å². The van der Waals surface area contributed by atoms with Gasteiger partial charge in [0.2, 0.25) is 0 Å². The van der Waals surface area contributed by atoms with Crippen molar-refractivity contribution in [2.24, 2.45) is 0 Å². The van der Waals surface area contributed by atoms with Crippen LogP contribution in [0.3, 0.4) is 0 Å². The quantitative estimate of drug-likeness (QED) is 0.402. The molecule has 15 heavy (non-hydrogen) atoms. The molecule has 0 aliphatic rings. The maximum absolute atomic E-state index is 8.88. The van der Waals surface area contributed by atoms with Gasteiger partial charge in [-0.25, -0.2) is 4.57 Å². The highest BCUT2D eigenvalue weighted by Gasteiger charge is 2.00. The van der Waals surface area contributed by atoms with E-state index in [2.05, 4.69) is 12.2 Å². The molecule has 0 rings (SSSR count). The summed E-state index contributed by atoms with van der Waals surface area (Å²) < 4.78 is 8.88. The summed E-state index contributed by atoms with van der Waals surface area (Å²) in [5.74, 6) is 0. The van der Waals surface area contributed by atoms with E-state index < -0.39 is 7.82 Å². The standard InChI is InChI=1S/C9H21N.H3O4P/c1-3-4-5-6-7-8-9-10-2;1-5(2,3)4/h10H,3-9H2,1-2H3;(H3,1,2,3,4). The lowest BCUT2D eigenvalue weighted by Crippen LogP contribution is -2.06. The zero-order valence-corrected chi connectivity index (χ0v) is 10.5. The Bertz CT molecular complexity index is 144. The average Bonchev–Trinajstić information content (AvgIpc) is 2.08. The van der Waals surface area contributed by atoms with Gasteiger partial charge in [0, 0.05) is 0 Å². The van der Waals surface area contributed by atoms with Gasteiger partial charge in [0.15, 0.2) is 0 Å². The van der Waals surface area contributed by atoms with E-state index in [0.717, 1.165) is 0 Å². The van der Waals surface area contributed by atoms with Crippen LogP contribution in [0.2, 0.25) is 0 Å². The van der Waals surface area contributed by atoms with Gasteiger partial charge in [0.1, 0.15) is 0 Å². The van der Waals surface area contributed by atoms with Gasteiger partial charge in [0.25, 0.3) is 0 Å². The van der Waals surface area contributed by atoms with Gasteiger partial charge in [0.05, 0.1) is 0 Å². The summed E-state index contributed by atoms with van der Waals surface area (Å²) in [5.41, 5.74) is 0. The number of unbranched alkanes of at least 4 members (excludes halogenated alkanes) is 5. The lowest BCUT2D eigenvalue weighted by molar-refractivity contribution is 0.275. The van der Waals surface area contributed by atoms with Crippen LogP contribution >= 0.6 is 7.82 Å². The van der Waals surface area contributed by atoms with E-state index in [-0.39, 0.29) is 0 Å². The van der Waals surface area contributed by atoms with E-state index in [0.29, 0.717) is 0 Å². The van der Waals surface area contributed by atoms with Gasteiger partial charge < -0.3 is 20.0 Å². The highest BCUT2D eigenvalue weighted by atomic mass is 31.2. The number of nitrogens with one attached hydrogen (secondary N) is 1. The third-order valence-corrected chi connectivity index (χ3v) is 1.78. The number of rotatable bonds is 7. The Labute approximate surface area is 92.1 Å². The molecule has 0 spiro atoms. The highest BCUT2D eigenvalue weighted by Crippen LogP contribution is 2.25. The van der Waals surface area contributed by atoms with E-state index in [1.807, 2.05) is 7.05 Å². The Hall–Kier alpha value is 0.0700.